The molecule has 3 fully saturated rings. The number of fused-ring (bicyclic) bond motifs is 5. The standard InChI is InChI=1S/C13H22N2O/c1-14-6-2-3-10(16)15-13-11-8-4-5-9(7-8)12(11)13/h8-9,11-14H,2-7H2,1H3,(H,15,16). The van der Waals surface area contributed by atoms with Crippen molar-refractivity contribution in [3.8, 4) is 0 Å². The predicted molar refractivity (Wildman–Crippen MR) is 62.9 cm³/mol. The molecule has 1 amide bonds. The van der Waals surface area contributed by atoms with Crippen molar-refractivity contribution in [2.75, 3.05) is 13.6 Å². The molecule has 3 nitrogen and oxygen atoms in total. The number of hydrogen-bond acceptors (Lipinski definition) is 2. The highest BCUT2D eigenvalue weighted by atomic mass is 16.1. The van der Waals surface area contributed by atoms with Gasteiger partial charge in [-0.05, 0) is 62.9 Å². The summed E-state index contributed by atoms with van der Waals surface area (Å²) in [5, 5.41) is 6.32. The SMILES string of the molecule is CNCCCC(=O)NC1C2C3CCC(C3)C12. The Morgan fingerprint density at radius 3 is 2.56 bits per heavy atom. The summed E-state index contributed by atoms with van der Waals surface area (Å²) in [6.45, 7) is 0.941. The summed E-state index contributed by atoms with van der Waals surface area (Å²) < 4.78 is 0. The molecule has 4 unspecified atom stereocenters. The molecule has 2 bridgehead atoms. The maximum Gasteiger partial charge on any atom is 0.220 e. The minimum absolute atomic E-state index is 0.272. The lowest BCUT2D eigenvalue weighted by Gasteiger charge is -2.10. The van der Waals surface area contributed by atoms with Gasteiger partial charge in [-0.2, -0.15) is 0 Å². The van der Waals surface area contributed by atoms with Gasteiger partial charge in [-0.15, -0.1) is 0 Å². The second-order valence-electron chi connectivity index (χ2n) is 5.79. The van der Waals surface area contributed by atoms with Crippen LogP contribution in [0.1, 0.15) is 32.1 Å². The zero-order valence-corrected chi connectivity index (χ0v) is 10.0. The fourth-order valence-corrected chi connectivity index (χ4v) is 4.20. The highest BCUT2D eigenvalue weighted by molar-refractivity contribution is 5.76. The quantitative estimate of drug-likeness (QED) is 0.685. The molecule has 3 aliphatic carbocycles. The third-order valence-electron chi connectivity index (χ3n) is 4.89. The largest absolute Gasteiger partial charge is 0.353 e. The van der Waals surface area contributed by atoms with E-state index >= 15 is 0 Å². The molecule has 3 rings (SSSR count). The van der Waals surface area contributed by atoms with Gasteiger partial charge in [-0.25, -0.2) is 0 Å². The van der Waals surface area contributed by atoms with E-state index in [2.05, 4.69) is 10.6 Å². The van der Waals surface area contributed by atoms with E-state index in [9.17, 15) is 4.79 Å². The van der Waals surface area contributed by atoms with E-state index in [1.807, 2.05) is 7.05 Å². The Morgan fingerprint density at radius 1 is 1.25 bits per heavy atom. The van der Waals surface area contributed by atoms with Crippen LogP contribution in [0, 0.1) is 23.7 Å². The summed E-state index contributed by atoms with van der Waals surface area (Å²) in [4.78, 5) is 11.7. The summed E-state index contributed by atoms with van der Waals surface area (Å²) in [6.07, 6.45) is 5.96. The van der Waals surface area contributed by atoms with Gasteiger partial charge in [0.1, 0.15) is 0 Å². The van der Waals surface area contributed by atoms with Crippen molar-refractivity contribution in [3.05, 3.63) is 0 Å². The van der Waals surface area contributed by atoms with Crippen LogP contribution in [0.5, 0.6) is 0 Å². The molecule has 0 radical (unpaired) electrons. The monoisotopic (exact) mass is 222 g/mol. The van der Waals surface area contributed by atoms with Gasteiger partial charge in [-0.1, -0.05) is 0 Å². The highest BCUT2D eigenvalue weighted by Crippen LogP contribution is 2.65. The fraction of sp³-hybridized carbons (Fsp3) is 0.923. The van der Waals surface area contributed by atoms with Gasteiger partial charge in [-0.3, -0.25) is 4.79 Å². The molecule has 3 aliphatic rings. The van der Waals surface area contributed by atoms with E-state index in [0.717, 1.165) is 36.6 Å². The van der Waals surface area contributed by atoms with Crippen LogP contribution in [-0.2, 0) is 4.79 Å². The van der Waals surface area contributed by atoms with Gasteiger partial charge in [0.15, 0.2) is 0 Å². The molecule has 90 valence electrons. The molecule has 0 saturated heterocycles. The first-order chi connectivity index (χ1) is 7.81. The summed E-state index contributed by atoms with van der Waals surface area (Å²) in [7, 11) is 1.93. The first kappa shape index (κ1) is 10.6. The second kappa shape index (κ2) is 4.02. The van der Waals surface area contributed by atoms with E-state index in [-0.39, 0.29) is 5.91 Å². The lowest BCUT2D eigenvalue weighted by Crippen LogP contribution is -2.30. The summed E-state index contributed by atoms with van der Waals surface area (Å²) in [5.74, 6) is 3.92. The highest BCUT2D eigenvalue weighted by Gasteiger charge is 2.65. The van der Waals surface area contributed by atoms with Crippen molar-refractivity contribution < 1.29 is 4.79 Å². The van der Waals surface area contributed by atoms with Gasteiger partial charge in [0.05, 0.1) is 0 Å². The number of hydrogen-bond donors (Lipinski definition) is 2. The van der Waals surface area contributed by atoms with Crippen LogP contribution in [0.2, 0.25) is 0 Å². The first-order valence-electron chi connectivity index (χ1n) is 6.75. The number of carbonyl (C=O) groups is 1. The zero-order valence-electron chi connectivity index (χ0n) is 10.0. The third-order valence-corrected chi connectivity index (χ3v) is 4.89. The zero-order chi connectivity index (χ0) is 11.1. The molecule has 0 aliphatic heterocycles. The van der Waals surface area contributed by atoms with Crippen molar-refractivity contribution in [2.45, 2.75) is 38.1 Å². The molecule has 3 saturated carbocycles. The van der Waals surface area contributed by atoms with Gasteiger partial charge in [0, 0.05) is 12.5 Å². The van der Waals surface area contributed by atoms with Crippen molar-refractivity contribution in [2.24, 2.45) is 23.7 Å². The number of amides is 1. The van der Waals surface area contributed by atoms with E-state index in [0.29, 0.717) is 12.5 Å². The third kappa shape index (κ3) is 1.65. The summed E-state index contributed by atoms with van der Waals surface area (Å²) >= 11 is 0. The molecule has 3 heteroatoms. The Kier molecular flexibility index (Phi) is 2.66. The number of rotatable bonds is 5. The molecule has 0 aromatic heterocycles. The predicted octanol–water partition coefficient (Wildman–Crippen LogP) is 1.15. The van der Waals surface area contributed by atoms with Gasteiger partial charge in [0.2, 0.25) is 5.91 Å². The molecular weight excluding hydrogens is 200 g/mol. The molecule has 0 spiro atoms. The Labute approximate surface area is 97.4 Å². The Balaban J connectivity index is 1.43. The van der Waals surface area contributed by atoms with E-state index in [1.54, 1.807) is 0 Å². The first-order valence-corrected chi connectivity index (χ1v) is 6.75. The lowest BCUT2D eigenvalue weighted by atomic mass is 10.0. The van der Waals surface area contributed by atoms with Crippen LogP contribution in [-0.4, -0.2) is 25.5 Å². The van der Waals surface area contributed by atoms with Gasteiger partial charge < -0.3 is 10.6 Å². The molecule has 0 aromatic carbocycles. The topological polar surface area (TPSA) is 41.1 Å². The van der Waals surface area contributed by atoms with Crippen LogP contribution in [0.4, 0.5) is 0 Å². The minimum Gasteiger partial charge on any atom is -0.353 e. The minimum atomic E-state index is 0.272. The van der Waals surface area contributed by atoms with Crippen LogP contribution in [0.25, 0.3) is 0 Å². The van der Waals surface area contributed by atoms with E-state index in [1.165, 1.54) is 19.3 Å². The average Bonchev–Trinajstić information content (AvgIpc) is 2.70. The average molecular weight is 222 g/mol. The Hall–Kier alpha value is -0.570. The Bertz CT molecular complexity index is 276. The van der Waals surface area contributed by atoms with E-state index < -0.39 is 0 Å². The van der Waals surface area contributed by atoms with Crippen molar-refractivity contribution in [1.82, 2.24) is 10.6 Å². The molecule has 0 heterocycles. The molecule has 4 atom stereocenters. The van der Waals surface area contributed by atoms with Crippen LogP contribution < -0.4 is 10.6 Å². The van der Waals surface area contributed by atoms with Gasteiger partial charge in [0.25, 0.3) is 0 Å². The summed E-state index contributed by atoms with van der Waals surface area (Å²) in [6, 6.07) is 0.563. The van der Waals surface area contributed by atoms with Crippen LogP contribution in [0.15, 0.2) is 0 Å². The smallest absolute Gasteiger partial charge is 0.220 e. The van der Waals surface area contributed by atoms with Crippen molar-refractivity contribution in [3.63, 3.8) is 0 Å². The maximum absolute atomic E-state index is 11.7. The number of nitrogens with one attached hydrogen (secondary N) is 2. The normalized spacial score (nSPS) is 43.2. The van der Waals surface area contributed by atoms with Crippen LogP contribution >= 0.6 is 0 Å². The molecular formula is C13H22N2O. The number of carbonyl (C=O) groups excluding carboxylic acids is 1. The Morgan fingerprint density at radius 2 is 1.94 bits per heavy atom. The van der Waals surface area contributed by atoms with Crippen molar-refractivity contribution >= 4 is 5.91 Å². The lowest BCUT2D eigenvalue weighted by molar-refractivity contribution is -0.121. The molecule has 2 N–H and O–H groups in total. The van der Waals surface area contributed by atoms with Crippen molar-refractivity contribution in [1.29, 1.82) is 0 Å². The maximum atomic E-state index is 11.7. The molecule has 0 aromatic rings. The summed E-state index contributed by atoms with van der Waals surface area (Å²) in [5.41, 5.74) is 0. The second-order valence-corrected chi connectivity index (χ2v) is 5.79. The molecule has 16 heavy (non-hydrogen) atoms. The van der Waals surface area contributed by atoms with Crippen LogP contribution in [0.3, 0.4) is 0 Å². The van der Waals surface area contributed by atoms with E-state index in [4.69, 9.17) is 0 Å². The fourth-order valence-electron chi connectivity index (χ4n) is 4.20. The van der Waals surface area contributed by atoms with Gasteiger partial charge >= 0.3 is 0 Å².